The minimum atomic E-state index is -0.444. The van der Waals surface area contributed by atoms with E-state index < -0.39 is 4.92 Å². The predicted octanol–water partition coefficient (Wildman–Crippen LogP) is 2.75. The predicted molar refractivity (Wildman–Crippen MR) is 81.0 cm³/mol. The molecule has 1 aliphatic carbocycles. The monoisotopic (exact) mass is 308 g/mol. The van der Waals surface area contributed by atoms with Crippen LogP contribution < -0.4 is 10.1 Å². The lowest BCUT2D eigenvalue weighted by Gasteiger charge is -2.15. The van der Waals surface area contributed by atoms with E-state index in [0.29, 0.717) is 18.7 Å². The summed E-state index contributed by atoms with van der Waals surface area (Å²) >= 11 is 0. The Morgan fingerprint density at radius 1 is 1.45 bits per heavy atom. The van der Waals surface area contributed by atoms with Crippen LogP contribution in [-0.2, 0) is 9.53 Å². The second-order valence-corrected chi connectivity index (χ2v) is 5.22. The summed E-state index contributed by atoms with van der Waals surface area (Å²) in [4.78, 5) is 22.4. The van der Waals surface area contributed by atoms with Gasteiger partial charge in [0.2, 0.25) is 0 Å². The van der Waals surface area contributed by atoms with E-state index in [1.807, 2.05) is 0 Å². The van der Waals surface area contributed by atoms with Gasteiger partial charge in [-0.2, -0.15) is 0 Å². The topological polar surface area (TPSA) is 90.7 Å². The number of anilines is 1. The Morgan fingerprint density at radius 2 is 2.23 bits per heavy atom. The van der Waals surface area contributed by atoms with Gasteiger partial charge in [-0.1, -0.05) is 6.07 Å². The SMILES string of the molecule is CCOc1cccc(N[C@@H]2CC[C@H](C(=O)OC)C2)c1[N+](=O)[O-]. The molecule has 1 fully saturated rings. The molecule has 0 aromatic heterocycles. The fraction of sp³-hybridized carbons (Fsp3) is 0.533. The lowest BCUT2D eigenvalue weighted by molar-refractivity contribution is -0.385. The summed E-state index contributed by atoms with van der Waals surface area (Å²) in [5, 5.41) is 14.5. The van der Waals surface area contributed by atoms with E-state index in [0.717, 1.165) is 12.8 Å². The molecule has 120 valence electrons. The van der Waals surface area contributed by atoms with E-state index in [2.05, 4.69) is 5.32 Å². The van der Waals surface area contributed by atoms with Crippen molar-refractivity contribution >= 4 is 17.3 Å². The van der Waals surface area contributed by atoms with Gasteiger partial charge >= 0.3 is 11.7 Å². The zero-order valence-electron chi connectivity index (χ0n) is 12.7. The Morgan fingerprint density at radius 3 is 2.86 bits per heavy atom. The Hall–Kier alpha value is -2.31. The summed E-state index contributed by atoms with van der Waals surface area (Å²) in [6, 6.07) is 4.97. The molecule has 22 heavy (non-hydrogen) atoms. The maximum absolute atomic E-state index is 11.5. The molecule has 0 radical (unpaired) electrons. The summed E-state index contributed by atoms with van der Waals surface area (Å²) in [5.41, 5.74) is 0.359. The average Bonchev–Trinajstić information content (AvgIpc) is 2.95. The van der Waals surface area contributed by atoms with Crippen molar-refractivity contribution in [2.75, 3.05) is 19.0 Å². The first kappa shape index (κ1) is 16.1. The zero-order valence-corrected chi connectivity index (χ0v) is 12.7. The molecule has 0 unspecified atom stereocenters. The maximum Gasteiger partial charge on any atom is 0.333 e. The fourth-order valence-corrected chi connectivity index (χ4v) is 2.81. The molecule has 0 bridgehead atoms. The number of benzene rings is 1. The van der Waals surface area contributed by atoms with Crippen molar-refractivity contribution < 1.29 is 19.2 Å². The van der Waals surface area contributed by atoms with Gasteiger partial charge in [-0.25, -0.2) is 0 Å². The Balaban J connectivity index is 2.15. The molecule has 0 spiro atoms. The van der Waals surface area contributed by atoms with E-state index in [1.54, 1.807) is 25.1 Å². The molecule has 7 nitrogen and oxygen atoms in total. The van der Waals surface area contributed by atoms with Crippen LogP contribution in [0.25, 0.3) is 0 Å². The second-order valence-electron chi connectivity index (χ2n) is 5.22. The van der Waals surface area contributed by atoms with Crippen LogP contribution in [0, 0.1) is 16.0 Å². The van der Waals surface area contributed by atoms with Crippen molar-refractivity contribution in [3.05, 3.63) is 28.3 Å². The number of rotatable bonds is 6. The van der Waals surface area contributed by atoms with Crippen molar-refractivity contribution in [1.82, 2.24) is 0 Å². The standard InChI is InChI=1S/C15H20N2O5/c1-3-22-13-6-4-5-12(14(13)17(19)20)16-11-8-7-10(9-11)15(18)21-2/h4-6,10-11,16H,3,7-9H2,1-2H3/t10-,11+/m0/s1. The van der Waals surface area contributed by atoms with Crippen LogP contribution in [0.5, 0.6) is 5.75 Å². The summed E-state index contributed by atoms with van der Waals surface area (Å²) < 4.78 is 10.1. The molecular formula is C15H20N2O5. The molecule has 0 aliphatic heterocycles. The molecule has 2 atom stereocenters. The largest absolute Gasteiger partial charge is 0.487 e. The van der Waals surface area contributed by atoms with Crippen molar-refractivity contribution in [1.29, 1.82) is 0 Å². The van der Waals surface area contributed by atoms with Crippen LogP contribution in [0.3, 0.4) is 0 Å². The minimum Gasteiger partial charge on any atom is -0.487 e. The number of carbonyl (C=O) groups excluding carboxylic acids is 1. The molecule has 1 aromatic rings. The molecule has 0 saturated heterocycles. The van der Waals surface area contributed by atoms with Crippen LogP contribution >= 0.6 is 0 Å². The van der Waals surface area contributed by atoms with Crippen molar-refractivity contribution in [2.24, 2.45) is 5.92 Å². The average molecular weight is 308 g/mol. The third-order valence-corrected chi connectivity index (χ3v) is 3.81. The van der Waals surface area contributed by atoms with Crippen molar-refractivity contribution in [3.63, 3.8) is 0 Å². The van der Waals surface area contributed by atoms with Crippen LogP contribution in [0.2, 0.25) is 0 Å². The number of esters is 1. The normalized spacial score (nSPS) is 20.5. The number of nitro groups is 1. The molecule has 1 aromatic carbocycles. The second kappa shape index (κ2) is 7.11. The number of methoxy groups -OCH3 is 1. The number of nitro benzene ring substituents is 1. The first-order valence-corrected chi connectivity index (χ1v) is 7.31. The number of hydrogen-bond donors (Lipinski definition) is 1. The van der Waals surface area contributed by atoms with Crippen LogP contribution in [0.1, 0.15) is 26.2 Å². The molecule has 1 N–H and O–H groups in total. The highest BCUT2D eigenvalue weighted by Gasteiger charge is 2.32. The molecule has 1 aliphatic rings. The Kier molecular flexibility index (Phi) is 5.19. The van der Waals surface area contributed by atoms with Gasteiger partial charge in [-0.3, -0.25) is 14.9 Å². The number of hydrogen-bond acceptors (Lipinski definition) is 6. The smallest absolute Gasteiger partial charge is 0.333 e. The van der Waals surface area contributed by atoms with E-state index in [9.17, 15) is 14.9 Å². The first-order valence-electron chi connectivity index (χ1n) is 7.31. The van der Waals surface area contributed by atoms with Gasteiger partial charge in [0.05, 0.1) is 24.6 Å². The lowest BCUT2D eigenvalue weighted by Crippen LogP contribution is -2.19. The molecule has 2 rings (SSSR count). The number of nitrogens with one attached hydrogen (secondary N) is 1. The maximum atomic E-state index is 11.5. The third kappa shape index (κ3) is 3.47. The van der Waals surface area contributed by atoms with Gasteiger partial charge in [-0.05, 0) is 38.3 Å². The van der Waals surface area contributed by atoms with Gasteiger partial charge in [0, 0.05) is 6.04 Å². The van der Waals surface area contributed by atoms with Crippen molar-refractivity contribution in [3.8, 4) is 5.75 Å². The highest BCUT2D eigenvalue weighted by Crippen LogP contribution is 2.37. The van der Waals surface area contributed by atoms with E-state index in [1.165, 1.54) is 7.11 Å². The van der Waals surface area contributed by atoms with Gasteiger partial charge in [0.1, 0.15) is 5.69 Å². The number of para-hydroxylation sites is 1. The molecule has 0 heterocycles. The van der Waals surface area contributed by atoms with E-state index >= 15 is 0 Å². The summed E-state index contributed by atoms with van der Waals surface area (Å²) in [5.74, 6) is -0.112. The van der Waals surface area contributed by atoms with Crippen LogP contribution in [0.4, 0.5) is 11.4 Å². The molecule has 7 heteroatoms. The van der Waals surface area contributed by atoms with Crippen LogP contribution in [-0.4, -0.2) is 30.7 Å². The molecule has 1 saturated carbocycles. The summed E-state index contributed by atoms with van der Waals surface area (Å²) in [7, 11) is 1.37. The van der Waals surface area contributed by atoms with Crippen molar-refractivity contribution in [2.45, 2.75) is 32.2 Å². The highest BCUT2D eigenvalue weighted by molar-refractivity contribution is 5.73. The lowest BCUT2D eigenvalue weighted by atomic mass is 10.1. The number of nitrogens with zero attached hydrogens (tertiary/aromatic N) is 1. The Bertz CT molecular complexity index is 561. The fourth-order valence-electron chi connectivity index (χ4n) is 2.81. The van der Waals surface area contributed by atoms with Gasteiger partial charge in [-0.15, -0.1) is 0 Å². The summed E-state index contributed by atoms with van der Waals surface area (Å²) in [6.07, 6.45) is 2.11. The highest BCUT2D eigenvalue weighted by atomic mass is 16.6. The van der Waals surface area contributed by atoms with Gasteiger partial charge in [0.25, 0.3) is 0 Å². The van der Waals surface area contributed by atoms with Crippen LogP contribution in [0.15, 0.2) is 18.2 Å². The third-order valence-electron chi connectivity index (χ3n) is 3.81. The summed E-state index contributed by atoms with van der Waals surface area (Å²) in [6.45, 7) is 2.14. The first-order chi connectivity index (χ1) is 10.6. The Labute approximate surface area is 128 Å². The van der Waals surface area contributed by atoms with E-state index in [-0.39, 0.29) is 29.4 Å². The molecular weight excluding hydrogens is 288 g/mol. The zero-order chi connectivity index (χ0) is 16.1. The minimum absolute atomic E-state index is 0.0136. The van der Waals surface area contributed by atoms with Gasteiger partial charge < -0.3 is 14.8 Å². The van der Waals surface area contributed by atoms with Gasteiger partial charge in [0.15, 0.2) is 5.75 Å². The number of carbonyl (C=O) groups is 1. The number of ether oxygens (including phenoxy) is 2. The van der Waals surface area contributed by atoms with E-state index in [4.69, 9.17) is 9.47 Å². The molecule has 0 amide bonds. The quantitative estimate of drug-likeness (QED) is 0.493.